The molecule has 1 heterocycles. The lowest BCUT2D eigenvalue weighted by molar-refractivity contribution is 0.0830. The van der Waals surface area contributed by atoms with Gasteiger partial charge in [-0.1, -0.05) is 23.7 Å². The molecule has 0 fully saturated rings. The minimum absolute atomic E-state index is 0.0158. The molecule has 3 rings (SSSR count). The van der Waals surface area contributed by atoms with Gasteiger partial charge < -0.3 is 9.15 Å². The van der Waals surface area contributed by atoms with E-state index in [4.69, 9.17) is 20.8 Å². The van der Waals surface area contributed by atoms with Gasteiger partial charge in [0.05, 0.1) is 12.7 Å². The molecule has 0 saturated heterocycles. The predicted octanol–water partition coefficient (Wildman–Crippen LogP) is 3.62. The Morgan fingerprint density at radius 1 is 1.15 bits per heavy atom. The van der Waals surface area contributed by atoms with Crippen LogP contribution in [0.4, 0.5) is 4.39 Å². The minimum atomic E-state index is -0.715. The summed E-state index contributed by atoms with van der Waals surface area (Å²) >= 11 is 5.88. The molecule has 0 aliphatic carbocycles. The summed E-state index contributed by atoms with van der Waals surface area (Å²) in [5.41, 5.74) is 5.09. The molecule has 8 heteroatoms. The van der Waals surface area contributed by atoms with Crippen LogP contribution in [0.15, 0.2) is 40.8 Å². The van der Waals surface area contributed by atoms with Crippen molar-refractivity contribution in [2.75, 3.05) is 7.11 Å². The van der Waals surface area contributed by atoms with Crippen LogP contribution in [0.2, 0.25) is 5.02 Å². The third-order valence-corrected chi connectivity index (χ3v) is 4.05. The number of furan rings is 1. The Kier molecular flexibility index (Phi) is 4.81. The Morgan fingerprint density at radius 3 is 2.58 bits per heavy atom. The van der Waals surface area contributed by atoms with Gasteiger partial charge in [-0.3, -0.25) is 20.4 Å². The number of fused-ring (bicyclic) bond motifs is 1. The normalized spacial score (nSPS) is 10.6. The molecule has 0 bridgehead atoms. The second kappa shape index (κ2) is 7.05. The molecule has 0 radical (unpaired) electrons. The Labute approximate surface area is 152 Å². The number of benzene rings is 2. The van der Waals surface area contributed by atoms with Gasteiger partial charge in [-0.15, -0.1) is 0 Å². The maximum Gasteiger partial charge on any atom is 0.305 e. The van der Waals surface area contributed by atoms with E-state index in [1.54, 1.807) is 19.1 Å². The number of hydrogen-bond donors (Lipinski definition) is 2. The Hall–Kier alpha value is -3.06. The van der Waals surface area contributed by atoms with Crippen molar-refractivity contribution in [1.29, 1.82) is 0 Å². The molecule has 0 aliphatic heterocycles. The van der Waals surface area contributed by atoms with E-state index in [1.807, 2.05) is 0 Å². The van der Waals surface area contributed by atoms with Gasteiger partial charge in [0.1, 0.15) is 5.75 Å². The molecule has 26 heavy (non-hydrogen) atoms. The van der Waals surface area contributed by atoms with Crippen molar-refractivity contribution in [3.63, 3.8) is 0 Å². The van der Waals surface area contributed by atoms with Gasteiger partial charge in [-0.25, -0.2) is 4.39 Å². The van der Waals surface area contributed by atoms with Crippen molar-refractivity contribution in [2.45, 2.75) is 6.92 Å². The van der Waals surface area contributed by atoms with E-state index < -0.39 is 17.6 Å². The topological polar surface area (TPSA) is 80.6 Å². The molecule has 2 aromatic carbocycles. The monoisotopic (exact) mass is 376 g/mol. The Balaban J connectivity index is 1.79. The van der Waals surface area contributed by atoms with Gasteiger partial charge in [0.25, 0.3) is 5.91 Å². The zero-order valence-corrected chi connectivity index (χ0v) is 14.6. The van der Waals surface area contributed by atoms with Crippen molar-refractivity contribution in [3.8, 4) is 5.75 Å². The number of carbonyl (C=O) groups excluding carboxylic acids is 2. The third-order valence-electron chi connectivity index (χ3n) is 3.82. The molecule has 134 valence electrons. The molecule has 0 unspecified atom stereocenters. The largest absolute Gasteiger partial charge is 0.496 e. The molecule has 2 N–H and O–H groups in total. The van der Waals surface area contributed by atoms with Crippen LogP contribution in [-0.4, -0.2) is 18.9 Å². The van der Waals surface area contributed by atoms with Gasteiger partial charge in [0, 0.05) is 16.0 Å². The molecule has 0 atom stereocenters. The summed E-state index contributed by atoms with van der Waals surface area (Å²) < 4.78 is 24.2. The van der Waals surface area contributed by atoms with Crippen LogP contribution >= 0.6 is 11.6 Å². The van der Waals surface area contributed by atoms with Gasteiger partial charge in [-0.05, 0) is 31.2 Å². The number of para-hydroxylation sites is 1. The lowest BCUT2D eigenvalue weighted by atomic mass is 10.1. The van der Waals surface area contributed by atoms with E-state index in [9.17, 15) is 14.0 Å². The maximum absolute atomic E-state index is 13.8. The number of carbonyl (C=O) groups is 2. The van der Waals surface area contributed by atoms with E-state index in [0.29, 0.717) is 21.7 Å². The first kappa shape index (κ1) is 17.8. The minimum Gasteiger partial charge on any atom is -0.496 e. The second-order valence-corrected chi connectivity index (χ2v) is 5.86. The van der Waals surface area contributed by atoms with Crippen LogP contribution in [0.3, 0.4) is 0 Å². The van der Waals surface area contributed by atoms with Crippen LogP contribution in [-0.2, 0) is 0 Å². The summed E-state index contributed by atoms with van der Waals surface area (Å²) in [6.07, 6.45) is 0. The zero-order valence-electron chi connectivity index (χ0n) is 13.9. The fraction of sp³-hybridized carbons (Fsp3) is 0.111. The fourth-order valence-electron chi connectivity index (χ4n) is 2.52. The summed E-state index contributed by atoms with van der Waals surface area (Å²) in [6.45, 7) is 1.63. The summed E-state index contributed by atoms with van der Waals surface area (Å²) in [7, 11) is 1.41. The van der Waals surface area contributed by atoms with Crippen LogP contribution in [0.25, 0.3) is 11.0 Å². The van der Waals surface area contributed by atoms with Crippen molar-refractivity contribution in [2.24, 2.45) is 0 Å². The number of rotatable bonds is 3. The number of ether oxygens (including phenoxy) is 1. The quantitative estimate of drug-likeness (QED) is 0.684. The van der Waals surface area contributed by atoms with Crippen molar-refractivity contribution >= 4 is 34.4 Å². The average molecular weight is 377 g/mol. The molecule has 0 saturated carbocycles. The number of methoxy groups -OCH3 is 1. The van der Waals surface area contributed by atoms with Crippen LogP contribution in [0.1, 0.15) is 26.5 Å². The number of amides is 2. The van der Waals surface area contributed by atoms with E-state index in [2.05, 4.69) is 10.9 Å². The van der Waals surface area contributed by atoms with E-state index >= 15 is 0 Å². The smallest absolute Gasteiger partial charge is 0.305 e. The highest BCUT2D eigenvalue weighted by molar-refractivity contribution is 6.31. The van der Waals surface area contributed by atoms with Gasteiger partial charge in [-0.2, -0.15) is 0 Å². The maximum atomic E-state index is 13.8. The lowest BCUT2D eigenvalue weighted by Crippen LogP contribution is -2.41. The highest BCUT2D eigenvalue weighted by Crippen LogP contribution is 2.27. The van der Waals surface area contributed by atoms with Crippen molar-refractivity contribution in [3.05, 3.63) is 64.1 Å². The molecule has 3 aromatic rings. The zero-order chi connectivity index (χ0) is 18.8. The lowest BCUT2D eigenvalue weighted by Gasteiger charge is -2.10. The summed E-state index contributed by atoms with van der Waals surface area (Å²) in [5, 5.41) is 0.823. The van der Waals surface area contributed by atoms with Crippen LogP contribution < -0.4 is 15.6 Å². The molecule has 6 nitrogen and oxygen atoms in total. The van der Waals surface area contributed by atoms with Crippen LogP contribution in [0, 0.1) is 12.7 Å². The summed E-state index contributed by atoms with van der Waals surface area (Å²) in [4.78, 5) is 24.6. The Morgan fingerprint density at radius 2 is 1.88 bits per heavy atom. The highest BCUT2D eigenvalue weighted by atomic mass is 35.5. The van der Waals surface area contributed by atoms with Gasteiger partial charge >= 0.3 is 5.91 Å². The number of hydrogen-bond acceptors (Lipinski definition) is 4. The first-order valence-electron chi connectivity index (χ1n) is 7.54. The number of aryl methyl sites for hydroxylation is 1. The third kappa shape index (κ3) is 3.21. The molecular weight excluding hydrogens is 363 g/mol. The van der Waals surface area contributed by atoms with Crippen molar-refractivity contribution in [1.82, 2.24) is 10.9 Å². The van der Waals surface area contributed by atoms with Gasteiger partial charge in [0.2, 0.25) is 0 Å². The summed E-state index contributed by atoms with van der Waals surface area (Å²) in [5.74, 6) is -1.71. The molecule has 0 spiro atoms. The fourth-order valence-corrected chi connectivity index (χ4v) is 2.69. The van der Waals surface area contributed by atoms with Gasteiger partial charge in [0.15, 0.2) is 17.2 Å². The molecule has 1 aromatic heterocycles. The second-order valence-electron chi connectivity index (χ2n) is 5.43. The van der Waals surface area contributed by atoms with E-state index in [-0.39, 0.29) is 16.9 Å². The highest BCUT2D eigenvalue weighted by Gasteiger charge is 2.21. The molecule has 2 amide bonds. The molecular formula is C18H14ClFN2O4. The van der Waals surface area contributed by atoms with E-state index in [0.717, 1.165) is 0 Å². The number of hydrazine groups is 1. The standard InChI is InChI=1S/C18H14ClFN2O4/c1-9-11-4-3-5-13(20)16(11)26-15(9)18(24)22-21-17(23)12-8-10(19)6-7-14(12)25-2/h3-8H,1-2H3,(H,21,23)(H,22,24). The average Bonchev–Trinajstić information content (AvgIpc) is 2.98. The SMILES string of the molecule is COc1ccc(Cl)cc1C(=O)NNC(=O)c1oc2c(F)cccc2c1C. The number of halogens is 2. The first-order chi connectivity index (χ1) is 12.4. The summed E-state index contributed by atoms with van der Waals surface area (Å²) in [6, 6.07) is 8.91. The predicted molar refractivity (Wildman–Crippen MR) is 93.8 cm³/mol. The Bertz CT molecular complexity index is 1020. The van der Waals surface area contributed by atoms with Crippen molar-refractivity contribution < 1.29 is 23.1 Å². The van der Waals surface area contributed by atoms with Crippen LogP contribution in [0.5, 0.6) is 5.75 Å². The molecule has 0 aliphatic rings. The number of nitrogens with one attached hydrogen (secondary N) is 2. The van der Waals surface area contributed by atoms with E-state index in [1.165, 1.54) is 31.4 Å². The first-order valence-corrected chi connectivity index (χ1v) is 7.92.